The first-order chi connectivity index (χ1) is 14.1. The summed E-state index contributed by atoms with van der Waals surface area (Å²) in [6.07, 6.45) is 6.33. The third-order valence-corrected chi connectivity index (χ3v) is 6.23. The zero-order valence-electron chi connectivity index (χ0n) is 16.5. The molecule has 0 unspecified atom stereocenters. The van der Waals surface area contributed by atoms with Gasteiger partial charge in [0.05, 0.1) is 5.39 Å². The molecule has 0 aliphatic heterocycles. The van der Waals surface area contributed by atoms with E-state index in [0.29, 0.717) is 28.5 Å². The normalized spacial score (nSPS) is 11.4. The number of thiophene rings is 1. The van der Waals surface area contributed by atoms with Gasteiger partial charge in [-0.2, -0.15) is 4.57 Å². The third kappa shape index (κ3) is 3.98. The van der Waals surface area contributed by atoms with Crippen LogP contribution in [-0.2, 0) is 6.54 Å². The van der Waals surface area contributed by atoms with Crippen molar-refractivity contribution in [3.05, 3.63) is 81.7 Å². The Kier molecular flexibility index (Phi) is 5.53. The average molecular weight is 409 g/mol. The Bertz CT molecular complexity index is 1180. The van der Waals surface area contributed by atoms with Crippen LogP contribution in [0.4, 0.5) is 4.39 Å². The van der Waals surface area contributed by atoms with Crippen LogP contribution < -0.4 is 10.1 Å². The minimum absolute atomic E-state index is 0.167. The maximum atomic E-state index is 13.2. The molecule has 0 radical (unpaired) electrons. The molecule has 0 saturated heterocycles. The zero-order chi connectivity index (χ0) is 20.4. The van der Waals surface area contributed by atoms with E-state index in [9.17, 15) is 9.18 Å². The SMILES string of the molecule is CCC(CC)c1cc[n+](Cc2nc3scc(-c4ccc(F)cc4)c3c(=O)[nH]2)cc1. The van der Waals surface area contributed by atoms with Crippen molar-refractivity contribution in [2.24, 2.45) is 0 Å². The lowest BCUT2D eigenvalue weighted by Crippen LogP contribution is -2.35. The van der Waals surface area contributed by atoms with Gasteiger partial charge < -0.3 is 4.98 Å². The topological polar surface area (TPSA) is 49.6 Å². The Hall–Kier alpha value is -2.86. The highest BCUT2D eigenvalue weighted by molar-refractivity contribution is 7.17. The van der Waals surface area contributed by atoms with Crippen molar-refractivity contribution < 1.29 is 8.96 Å². The number of hydrogen-bond donors (Lipinski definition) is 1. The van der Waals surface area contributed by atoms with Crippen LogP contribution in [0.3, 0.4) is 0 Å². The quantitative estimate of drug-likeness (QED) is 0.455. The van der Waals surface area contributed by atoms with Crippen molar-refractivity contribution in [1.82, 2.24) is 9.97 Å². The maximum absolute atomic E-state index is 13.2. The summed E-state index contributed by atoms with van der Waals surface area (Å²) in [6.45, 7) is 4.92. The molecule has 0 atom stereocenters. The average Bonchev–Trinajstić information content (AvgIpc) is 3.15. The second-order valence-electron chi connectivity index (χ2n) is 7.17. The molecule has 0 bridgehead atoms. The number of pyridine rings is 1. The molecule has 0 spiro atoms. The molecule has 4 rings (SSSR count). The highest BCUT2D eigenvalue weighted by Gasteiger charge is 2.15. The Morgan fingerprint density at radius 3 is 2.45 bits per heavy atom. The van der Waals surface area contributed by atoms with E-state index in [4.69, 9.17) is 0 Å². The van der Waals surface area contributed by atoms with E-state index in [0.717, 1.165) is 24.0 Å². The van der Waals surface area contributed by atoms with Gasteiger partial charge in [-0.25, -0.2) is 9.37 Å². The molecule has 0 saturated carbocycles. The first-order valence-electron chi connectivity index (χ1n) is 9.84. The summed E-state index contributed by atoms with van der Waals surface area (Å²) in [5.74, 6) is 0.903. The van der Waals surface area contributed by atoms with Crippen molar-refractivity contribution in [3.8, 4) is 11.1 Å². The van der Waals surface area contributed by atoms with Crippen LogP contribution >= 0.6 is 11.3 Å². The number of H-pyrrole nitrogens is 1. The molecule has 4 nitrogen and oxygen atoms in total. The van der Waals surface area contributed by atoms with Crippen LogP contribution in [0.2, 0.25) is 0 Å². The number of nitrogens with zero attached hydrogens (tertiary/aromatic N) is 2. The number of rotatable bonds is 6. The van der Waals surface area contributed by atoms with E-state index in [-0.39, 0.29) is 11.4 Å². The first-order valence-corrected chi connectivity index (χ1v) is 10.7. The molecular weight excluding hydrogens is 385 g/mol. The Morgan fingerprint density at radius 2 is 1.79 bits per heavy atom. The highest BCUT2D eigenvalue weighted by atomic mass is 32.1. The summed E-state index contributed by atoms with van der Waals surface area (Å²) >= 11 is 1.43. The molecule has 1 aromatic carbocycles. The highest BCUT2D eigenvalue weighted by Crippen LogP contribution is 2.30. The minimum Gasteiger partial charge on any atom is -0.305 e. The van der Waals surface area contributed by atoms with Crippen LogP contribution in [0.25, 0.3) is 21.3 Å². The lowest BCUT2D eigenvalue weighted by molar-refractivity contribution is -0.689. The number of aromatic amines is 1. The first kappa shape index (κ1) is 19.5. The van der Waals surface area contributed by atoms with Gasteiger partial charge in [0.2, 0.25) is 6.54 Å². The molecule has 0 fully saturated rings. The van der Waals surface area contributed by atoms with Crippen molar-refractivity contribution in [3.63, 3.8) is 0 Å². The second kappa shape index (κ2) is 8.25. The standard InChI is InChI=1S/C23H22FN3OS/c1-3-15(4-2)16-9-11-27(12-10-16)13-20-25-22(28)21-19(14-29-23(21)26-20)17-5-7-18(24)8-6-17/h5-12,14-15H,3-4,13H2,1-2H3/p+1. The van der Waals surface area contributed by atoms with Crippen LogP contribution in [-0.4, -0.2) is 9.97 Å². The van der Waals surface area contributed by atoms with Crippen LogP contribution in [0.15, 0.2) is 59.0 Å². The molecule has 0 amide bonds. The maximum Gasteiger partial charge on any atom is 0.260 e. The van der Waals surface area contributed by atoms with Crippen molar-refractivity contribution >= 4 is 21.6 Å². The second-order valence-corrected chi connectivity index (χ2v) is 8.02. The molecule has 3 aromatic heterocycles. The van der Waals surface area contributed by atoms with Gasteiger partial charge in [0, 0.05) is 23.1 Å². The van der Waals surface area contributed by atoms with E-state index in [1.165, 1.54) is 29.0 Å². The minimum atomic E-state index is -0.296. The third-order valence-electron chi connectivity index (χ3n) is 5.35. The lowest BCUT2D eigenvalue weighted by atomic mass is 9.95. The Labute approximate surface area is 172 Å². The molecule has 6 heteroatoms. The summed E-state index contributed by atoms with van der Waals surface area (Å²) in [6, 6.07) is 10.5. The van der Waals surface area contributed by atoms with Crippen LogP contribution in [0.5, 0.6) is 0 Å². The number of benzene rings is 1. The number of fused-ring (bicyclic) bond motifs is 1. The number of halogens is 1. The van der Waals surface area contributed by atoms with Crippen molar-refractivity contribution in [2.45, 2.75) is 39.2 Å². The summed E-state index contributed by atoms with van der Waals surface area (Å²) in [5, 5.41) is 2.46. The van der Waals surface area contributed by atoms with Crippen LogP contribution in [0, 0.1) is 5.82 Å². The molecule has 0 aliphatic carbocycles. The summed E-state index contributed by atoms with van der Waals surface area (Å²) in [4.78, 5) is 21.0. The van der Waals surface area contributed by atoms with Crippen LogP contribution in [0.1, 0.15) is 44.0 Å². The molecule has 29 heavy (non-hydrogen) atoms. The Morgan fingerprint density at radius 1 is 1.10 bits per heavy atom. The van der Waals surface area contributed by atoms with E-state index >= 15 is 0 Å². The van der Waals surface area contributed by atoms with E-state index in [1.54, 1.807) is 12.1 Å². The molecule has 1 N–H and O–H groups in total. The van der Waals surface area contributed by atoms with Crippen molar-refractivity contribution in [1.29, 1.82) is 0 Å². The summed E-state index contributed by atoms with van der Waals surface area (Å²) < 4.78 is 15.2. The molecular formula is C23H23FN3OS+. The molecule has 4 aromatic rings. The monoisotopic (exact) mass is 408 g/mol. The van der Waals surface area contributed by atoms with Gasteiger partial charge in [-0.15, -0.1) is 11.3 Å². The fraction of sp³-hybridized carbons (Fsp3) is 0.261. The number of aromatic nitrogens is 3. The van der Waals surface area contributed by atoms with Gasteiger partial charge in [0.1, 0.15) is 10.6 Å². The molecule has 148 valence electrons. The smallest absolute Gasteiger partial charge is 0.260 e. The van der Waals surface area contributed by atoms with E-state index < -0.39 is 0 Å². The number of hydrogen-bond acceptors (Lipinski definition) is 3. The molecule has 3 heterocycles. The van der Waals surface area contributed by atoms with Gasteiger partial charge in [-0.05, 0) is 42.0 Å². The fourth-order valence-corrected chi connectivity index (χ4v) is 4.66. The fourth-order valence-electron chi connectivity index (χ4n) is 3.69. The van der Waals surface area contributed by atoms with E-state index in [1.807, 2.05) is 22.3 Å². The van der Waals surface area contributed by atoms with Gasteiger partial charge in [-0.3, -0.25) is 4.79 Å². The zero-order valence-corrected chi connectivity index (χ0v) is 17.3. The molecule has 0 aliphatic rings. The van der Waals surface area contributed by atoms with Crippen molar-refractivity contribution in [2.75, 3.05) is 0 Å². The van der Waals surface area contributed by atoms with Gasteiger partial charge >= 0.3 is 0 Å². The lowest BCUT2D eigenvalue weighted by Gasteiger charge is -2.11. The van der Waals surface area contributed by atoms with E-state index in [2.05, 4.69) is 35.9 Å². The largest absolute Gasteiger partial charge is 0.305 e. The predicted molar refractivity (Wildman–Crippen MR) is 115 cm³/mol. The Balaban J connectivity index is 1.63. The predicted octanol–water partition coefficient (Wildman–Crippen LogP) is 5.03. The summed E-state index contributed by atoms with van der Waals surface area (Å²) in [5.41, 5.74) is 2.77. The number of nitrogens with one attached hydrogen (secondary N) is 1. The summed E-state index contributed by atoms with van der Waals surface area (Å²) in [7, 11) is 0. The van der Waals surface area contributed by atoms with Gasteiger partial charge in [0.15, 0.2) is 18.2 Å². The van der Waals surface area contributed by atoms with Gasteiger partial charge in [0.25, 0.3) is 5.56 Å². The van der Waals surface area contributed by atoms with Gasteiger partial charge in [-0.1, -0.05) is 26.0 Å².